The van der Waals surface area contributed by atoms with Gasteiger partial charge in [0.2, 0.25) is 0 Å². The third-order valence-corrected chi connectivity index (χ3v) is 1.45. The molecule has 0 aliphatic carbocycles. The van der Waals surface area contributed by atoms with Crippen molar-refractivity contribution in [2.24, 2.45) is 5.73 Å². The SMILES string of the molecule is NC(=S)/C=C/c1cccc(O)c1. The zero-order valence-corrected chi connectivity index (χ0v) is 7.21. The third-order valence-electron chi connectivity index (χ3n) is 1.31. The second-order valence-corrected chi connectivity index (χ2v) is 2.80. The maximum Gasteiger partial charge on any atom is 0.116 e. The summed E-state index contributed by atoms with van der Waals surface area (Å²) in [5.41, 5.74) is 6.14. The highest BCUT2D eigenvalue weighted by Gasteiger charge is 1.88. The molecule has 0 atom stereocenters. The van der Waals surface area contributed by atoms with Crippen molar-refractivity contribution in [3.8, 4) is 5.75 Å². The average molecular weight is 179 g/mol. The predicted molar refractivity (Wildman–Crippen MR) is 53.9 cm³/mol. The first-order chi connectivity index (χ1) is 5.68. The van der Waals surface area contributed by atoms with Gasteiger partial charge in [0.25, 0.3) is 0 Å². The van der Waals surface area contributed by atoms with E-state index in [2.05, 4.69) is 12.2 Å². The Morgan fingerprint density at radius 3 is 2.83 bits per heavy atom. The van der Waals surface area contributed by atoms with Crippen LogP contribution in [0.4, 0.5) is 0 Å². The van der Waals surface area contributed by atoms with Crippen LogP contribution in [0, 0.1) is 0 Å². The molecule has 0 heterocycles. The Morgan fingerprint density at radius 1 is 1.50 bits per heavy atom. The number of aromatic hydroxyl groups is 1. The summed E-state index contributed by atoms with van der Waals surface area (Å²) >= 11 is 4.66. The highest BCUT2D eigenvalue weighted by atomic mass is 32.1. The maximum atomic E-state index is 9.08. The Balaban J connectivity index is 2.83. The topological polar surface area (TPSA) is 46.2 Å². The normalized spacial score (nSPS) is 10.3. The number of hydrogen-bond donors (Lipinski definition) is 2. The van der Waals surface area contributed by atoms with Crippen LogP contribution in [0.25, 0.3) is 6.08 Å². The van der Waals surface area contributed by atoms with Gasteiger partial charge in [0.05, 0.1) is 4.99 Å². The van der Waals surface area contributed by atoms with Crippen LogP contribution < -0.4 is 5.73 Å². The Bertz CT molecular complexity index is 320. The van der Waals surface area contributed by atoms with Gasteiger partial charge < -0.3 is 10.8 Å². The minimum Gasteiger partial charge on any atom is -0.508 e. The van der Waals surface area contributed by atoms with Gasteiger partial charge >= 0.3 is 0 Å². The Labute approximate surface area is 76.3 Å². The zero-order valence-electron chi connectivity index (χ0n) is 6.40. The van der Waals surface area contributed by atoms with E-state index >= 15 is 0 Å². The number of phenolic OH excluding ortho intramolecular Hbond substituents is 1. The fourth-order valence-electron chi connectivity index (χ4n) is 0.807. The minimum atomic E-state index is 0.236. The molecule has 0 aliphatic heterocycles. The molecular formula is C9H9NOS. The van der Waals surface area contributed by atoms with Gasteiger partial charge in [0.1, 0.15) is 5.75 Å². The molecular weight excluding hydrogens is 170 g/mol. The van der Waals surface area contributed by atoms with Gasteiger partial charge in [-0.3, -0.25) is 0 Å². The summed E-state index contributed by atoms with van der Waals surface area (Å²) in [6.45, 7) is 0. The molecule has 1 rings (SSSR count). The van der Waals surface area contributed by atoms with E-state index in [0.717, 1.165) is 5.56 Å². The van der Waals surface area contributed by atoms with Crippen molar-refractivity contribution in [2.75, 3.05) is 0 Å². The standard InChI is InChI=1S/C9H9NOS/c10-9(12)5-4-7-2-1-3-8(11)6-7/h1-6,11H,(H2,10,12)/b5-4+. The fourth-order valence-corrected chi connectivity index (χ4v) is 0.875. The van der Waals surface area contributed by atoms with Crippen molar-refractivity contribution >= 4 is 23.3 Å². The lowest BCUT2D eigenvalue weighted by Crippen LogP contribution is -2.01. The lowest BCUT2D eigenvalue weighted by atomic mass is 10.2. The molecule has 3 N–H and O–H groups in total. The summed E-state index contributed by atoms with van der Waals surface area (Å²) in [7, 11) is 0. The van der Waals surface area contributed by atoms with Gasteiger partial charge in [-0.15, -0.1) is 0 Å². The smallest absolute Gasteiger partial charge is 0.116 e. The molecule has 0 saturated heterocycles. The van der Waals surface area contributed by atoms with Crippen LogP contribution in [-0.4, -0.2) is 10.1 Å². The highest BCUT2D eigenvalue weighted by molar-refractivity contribution is 7.80. The molecule has 12 heavy (non-hydrogen) atoms. The molecule has 1 aromatic rings. The lowest BCUT2D eigenvalue weighted by Gasteiger charge is -1.93. The summed E-state index contributed by atoms with van der Waals surface area (Å²) in [6, 6.07) is 6.86. The molecule has 0 saturated carbocycles. The Hall–Kier alpha value is -1.35. The van der Waals surface area contributed by atoms with Crippen LogP contribution in [0.1, 0.15) is 5.56 Å². The van der Waals surface area contributed by atoms with Crippen molar-refractivity contribution in [3.63, 3.8) is 0 Å². The molecule has 1 aromatic carbocycles. The molecule has 3 heteroatoms. The summed E-state index contributed by atoms with van der Waals surface area (Å²) in [5.74, 6) is 0.236. The first-order valence-corrected chi connectivity index (χ1v) is 3.86. The number of hydrogen-bond acceptors (Lipinski definition) is 2. The van der Waals surface area contributed by atoms with Gasteiger partial charge in [-0.1, -0.05) is 30.4 Å². The highest BCUT2D eigenvalue weighted by Crippen LogP contribution is 2.11. The van der Waals surface area contributed by atoms with E-state index in [4.69, 9.17) is 10.8 Å². The molecule has 0 spiro atoms. The average Bonchev–Trinajstić information content (AvgIpc) is 2.01. The van der Waals surface area contributed by atoms with Crippen LogP contribution in [0.15, 0.2) is 30.3 Å². The van der Waals surface area contributed by atoms with Crippen LogP contribution in [0.5, 0.6) is 5.75 Å². The second-order valence-electron chi connectivity index (χ2n) is 2.33. The van der Waals surface area contributed by atoms with E-state index in [1.54, 1.807) is 30.4 Å². The van der Waals surface area contributed by atoms with E-state index in [1.807, 2.05) is 6.07 Å². The van der Waals surface area contributed by atoms with Crippen molar-refractivity contribution in [3.05, 3.63) is 35.9 Å². The molecule has 0 fully saturated rings. The number of rotatable bonds is 2. The molecule has 0 amide bonds. The number of phenols is 1. The van der Waals surface area contributed by atoms with Crippen molar-refractivity contribution in [1.29, 1.82) is 0 Å². The van der Waals surface area contributed by atoms with E-state index in [0.29, 0.717) is 4.99 Å². The van der Waals surface area contributed by atoms with Crippen molar-refractivity contribution in [2.45, 2.75) is 0 Å². The third kappa shape index (κ3) is 2.72. The first-order valence-electron chi connectivity index (χ1n) is 3.45. The van der Waals surface area contributed by atoms with Crippen LogP contribution >= 0.6 is 12.2 Å². The first kappa shape index (κ1) is 8.74. The van der Waals surface area contributed by atoms with E-state index in [-0.39, 0.29) is 5.75 Å². The molecule has 62 valence electrons. The summed E-state index contributed by atoms with van der Waals surface area (Å²) in [5, 5.41) is 9.08. The largest absolute Gasteiger partial charge is 0.508 e. The van der Waals surface area contributed by atoms with Gasteiger partial charge in [-0.25, -0.2) is 0 Å². The van der Waals surface area contributed by atoms with Gasteiger partial charge in [0, 0.05) is 0 Å². The van der Waals surface area contributed by atoms with Crippen molar-refractivity contribution < 1.29 is 5.11 Å². The number of nitrogens with two attached hydrogens (primary N) is 1. The Morgan fingerprint density at radius 2 is 2.25 bits per heavy atom. The second kappa shape index (κ2) is 3.88. The Kier molecular flexibility index (Phi) is 2.82. The van der Waals surface area contributed by atoms with E-state index < -0.39 is 0 Å². The molecule has 2 nitrogen and oxygen atoms in total. The van der Waals surface area contributed by atoms with Gasteiger partial charge in [0.15, 0.2) is 0 Å². The molecule has 0 aliphatic rings. The van der Waals surface area contributed by atoms with Crippen LogP contribution in [0.2, 0.25) is 0 Å². The monoisotopic (exact) mass is 179 g/mol. The summed E-state index contributed by atoms with van der Waals surface area (Å²) < 4.78 is 0. The van der Waals surface area contributed by atoms with Crippen LogP contribution in [-0.2, 0) is 0 Å². The van der Waals surface area contributed by atoms with Gasteiger partial charge in [-0.2, -0.15) is 0 Å². The molecule has 0 bridgehead atoms. The zero-order chi connectivity index (χ0) is 8.97. The minimum absolute atomic E-state index is 0.236. The molecule has 0 unspecified atom stereocenters. The van der Waals surface area contributed by atoms with E-state index in [9.17, 15) is 0 Å². The number of benzene rings is 1. The maximum absolute atomic E-state index is 9.08. The van der Waals surface area contributed by atoms with Crippen LogP contribution in [0.3, 0.4) is 0 Å². The van der Waals surface area contributed by atoms with Gasteiger partial charge in [-0.05, 0) is 23.8 Å². The van der Waals surface area contributed by atoms with E-state index in [1.165, 1.54) is 0 Å². The summed E-state index contributed by atoms with van der Waals surface area (Å²) in [4.78, 5) is 0.332. The predicted octanol–water partition coefficient (Wildman–Crippen LogP) is 1.69. The molecule has 0 radical (unpaired) electrons. The number of thiocarbonyl (C=S) groups is 1. The van der Waals surface area contributed by atoms with Crippen molar-refractivity contribution in [1.82, 2.24) is 0 Å². The summed E-state index contributed by atoms with van der Waals surface area (Å²) in [6.07, 6.45) is 3.37. The quantitative estimate of drug-likeness (QED) is 0.536. The fraction of sp³-hybridized carbons (Fsp3) is 0. The molecule has 0 aromatic heterocycles. The lowest BCUT2D eigenvalue weighted by molar-refractivity contribution is 0.475.